The summed E-state index contributed by atoms with van der Waals surface area (Å²) in [4.78, 5) is 0. The number of nitrogens with one attached hydrogen (secondary N) is 1. The van der Waals surface area contributed by atoms with Crippen molar-refractivity contribution in [1.29, 1.82) is 0 Å². The fourth-order valence-corrected chi connectivity index (χ4v) is 4.28. The molecule has 2 fully saturated rings. The van der Waals surface area contributed by atoms with Crippen molar-refractivity contribution in [3.8, 4) is 0 Å². The van der Waals surface area contributed by atoms with Crippen LogP contribution in [-0.2, 0) is 6.42 Å². The van der Waals surface area contributed by atoms with E-state index in [1.165, 1.54) is 43.2 Å². The highest BCUT2D eigenvalue weighted by Crippen LogP contribution is 2.45. The Morgan fingerprint density at radius 2 is 1.80 bits per heavy atom. The molecule has 1 aromatic rings. The van der Waals surface area contributed by atoms with Crippen LogP contribution in [0, 0.1) is 17.8 Å². The predicted octanol–water partition coefficient (Wildman–Crippen LogP) is 4.72. The number of benzene rings is 1. The Morgan fingerprint density at radius 1 is 1.05 bits per heavy atom. The van der Waals surface area contributed by atoms with Crippen LogP contribution in [0.2, 0.25) is 0 Å². The summed E-state index contributed by atoms with van der Waals surface area (Å²) in [6.45, 7) is 6.89. The zero-order valence-corrected chi connectivity index (χ0v) is 13.2. The van der Waals surface area contributed by atoms with Gasteiger partial charge in [-0.15, -0.1) is 0 Å². The van der Waals surface area contributed by atoms with E-state index in [0.717, 1.165) is 23.8 Å². The van der Waals surface area contributed by atoms with Gasteiger partial charge in [-0.25, -0.2) is 0 Å². The fraction of sp³-hybridized carbons (Fsp3) is 0.684. The Balaban J connectivity index is 1.58. The summed E-state index contributed by atoms with van der Waals surface area (Å²) in [6.07, 6.45) is 7.04. The van der Waals surface area contributed by atoms with Crippen LogP contribution in [0.1, 0.15) is 63.6 Å². The van der Waals surface area contributed by atoms with Gasteiger partial charge in [0.05, 0.1) is 0 Å². The summed E-state index contributed by atoms with van der Waals surface area (Å²) in [7, 11) is 0. The van der Waals surface area contributed by atoms with Gasteiger partial charge in [0.15, 0.2) is 0 Å². The van der Waals surface area contributed by atoms with E-state index in [4.69, 9.17) is 0 Å². The molecular weight excluding hydrogens is 242 g/mol. The average Bonchev–Trinajstić information content (AvgIpc) is 3.01. The van der Waals surface area contributed by atoms with Crippen LogP contribution in [0.25, 0.3) is 0 Å². The van der Waals surface area contributed by atoms with Crippen LogP contribution in [0.4, 0.5) is 0 Å². The van der Waals surface area contributed by atoms with E-state index >= 15 is 0 Å². The third-order valence-corrected chi connectivity index (χ3v) is 5.33. The molecule has 0 radical (unpaired) electrons. The van der Waals surface area contributed by atoms with Crippen LogP contribution in [-0.4, -0.2) is 6.04 Å². The smallest absolute Gasteiger partial charge is 0.0294 e. The highest BCUT2D eigenvalue weighted by atomic mass is 15.0. The van der Waals surface area contributed by atoms with E-state index in [1.807, 2.05) is 0 Å². The highest BCUT2D eigenvalue weighted by Gasteiger charge is 2.39. The van der Waals surface area contributed by atoms with Crippen molar-refractivity contribution in [2.45, 2.75) is 65.0 Å². The summed E-state index contributed by atoms with van der Waals surface area (Å²) in [5.41, 5.74) is 2.91. The maximum atomic E-state index is 3.89. The SMILES string of the molecule is CC(C)Cc1ccc(C(C)NC2CC3CCC2C3)cc1. The topological polar surface area (TPSA) is 12.0 Å². The molecule has 1 heteroatoms. The molecule has 0 spiro atoms. The van der Waals surface area contributed by atoms with Gasteiger partial charge in [-0.05, 0) is 61.5 Å². The molecule has 2 aliphatic carbocycles. The lowest BCUT2D eigenvalue weighted by Gasteiger charge is -2.27. The lowest BCUT2D eigenvalue weighted by molar-refractivity contribution is 0.327. The maximum Gasteiger partial charge on any atom is 0.0294 e. The predicted molar refractivity (Wildman–Crippen MR) is 85.8 cm³/mol. The normalized spacial score (nSPS) is 30.1. The number of rotatable bonds is 5. The second-order valence-electron chi connectivity index (χ2n) is 7.51. The maximum absolute atomic E-state index is 3.89. The Morgan fingerprint density at radius 3 is 2.35 bits per heavy atom. The molecule has 4 atom stereocenters. The van der Waals surface area contributed by atoms with Crippen molar-refractivity contribution in [2.75, 3.05) is 0 Å². The first kappa shape index (κ1) is 14.1. The highest BCUT2D eigenvalue weighted by molar-refractivity contribution is 5.25. The third kappa shape index (κ3) is 3.09. The van der Waals surface area contributed by atoms with Crippen LogP contribution in [0.5, 0.6) is 0 Å². The molecule has 4 unspecified atom stereocenters. The molecule has 0 saturated heterocycles. The average molecular weight is 271 g/mol. The fourth-order valence-electron chi connectivity index (χ4n) is 4.28. The Hall–Kier alpha value is -0.820. The van der Waals surface area contributed by atoms with Gasteiger partial charge in [-0.2, -0.15) is 0 Å². The summed E-state index contributed by atoms with van der Waals surface area (Å²) >= 11 is 0. The first-order valence-corrected chi connectivity index (χ1v) is 8.46. The number of fused-ring (bicyclic) bond motifs is 2. The van der Waals surface area contributed by atoms with E-state index in [-0.39, 0.29) is 0 Å². The summed E-state index contributed by atoms with van der Waals surface area (Å²) in [5, 5.41) is 3.89. The molecule has 0 aromatic heterocycles. The van der Waals surface area contributed by atoms with Gasteiger partial charge in [0.2, 0.25) is 0 Å². The minimum Gasteiger partial charge on any atom is -0.307 e. The summed E-state index contributed by atoms with van der Waals surface area (Å²) in [6, 6.07) is 10.5. The van der Waals surface area contributed by atoms with Gasteiger partial charge < -0.3 is 5.32 Å². The third-order valence-electron chi connectivity index (χ3n) is 5.33. The molecule has 2 aliphatic rings. The zero-order chi connectivity index (χ0) is 14.1. The number of hydrogen-bond acceptors (Lipinski definition) is 1. The molecule has 0 amide bonds. The molecule has 1 N–H and O–H groups in total. The van der Waals surface area contributed by atoms with Crippen LogP contribution < -0.4 is 5.32 Å². The minimum atomic E-state index is 0.493. The summed E-state index contributed by atoms with van der Waals surface area (Å²) in [5.74, 6) is 2.73. The van der Waals surface area contributed by atoms with Crippen molar-refractivity contribution < 1.29 is 0 Å². The lowest BCUT2D eigenvalue weighted by Crippen LogP contribution is -2.35. The van der Waals surface area contributed by atoms with Crippen molar-refractivity contribution in [2.24, 2.45) is 17.8 Å². The molecule has 1 aromatic carbocycles. The van der Waals surface area contributed by atoms with E-state index in [1.54, 1.807) is 0 Å². The second-order valence-corrected chi connectivity index (χ2v) is 7.51. The van der Waals surface area contributed by atoms with Crippen LogP contribution >= 0.6 is 0 Å². The molecule has 0 aliphatic heterocycles. The minimum absolute atomic E-state index is 0.493. The van der Waals surface area contributed by atoms with Gasteiger partial charge in [0.1, 0.15) is 0 Å². The van der Waals surface area contributed by atoms with Gasteiger partial charge in [-0.3, -0.25) is 0 Å². The van der Waals surface area contributed by atoms with E-state index in [9.17, 15) is 0 Å². The Bertz CT molecular complexity index is 434. The van der Waals surface area contributed by atoms with Gasteiger partial charge >= 0.3 is 0 Å². The number of hydrogen-bond donors (Lipinski definition) is 1. The Kier molecular flexibility index (Phi) is 4.16. The van der Waals surface area contributed by atoms with Gasteiger partial charge in [0, 0.05) is 12.1 Å². The first-order chi connectivity index (χ1) is 9.61. The van der Waals surface area contributed by atoms with E-state index in [2.05, 4.69) is 50.4 Å². The van der Waals surface area contributed by atoms with Crippen molar-refractivity contribution in [1.82, 2.24) is 5.32 Å². The molecule has 3 rings (SSSR count). The van der Waals surface area contributed by atoms with Crippen LogP contribution in [0.3, 0.4) is 0 Å². The van der Waals surface area contributed by atoms with Gasteiger partial charge in [0.25, 0.3) is 0 Å². The zero-order valence-electron chi connectivity index (χ0n) is 13.2. The Labute approximate surface area is 124 Å². The van der Waals surface area contributed by atoms with Crippen molar-refractivity contribution in [3.05, 3.63) is 35.4 Å². The van der Waals surface area contributed by atoms with Crippen LogP contribution in [0.15, 0.2) is 24.3 Å². The molecule has 2 bridgehead atoms. The molecule has 1 nitrogen and oxygen atoms in total. The monoisotopic (exact) mass is 271 g/mol. The largest absolute Gasteiger partial charge is 0.307 e. The van der Waals surface area contributed by atoms with Crippen molar-refractivity contribution >= 4 is 0 Å². The van der Waals surface area contributed by atoms with Gasteiger partial charge in [-0.1, -0.05) is 44.5 Å². The van der Waals surface area contributed by atoms with E-state index in [0.29, 0.717) is 6.04 Å². The second kappa shape index (κ2) is 5.89. The molecule has 110 valence electrons. The quantitative estimate of drug-likeness (QED) is 0.816. The van der Waals surface area contributed by atoms with Crippen molar-refractivity contribution in [3.63, 3.8) is 0 Å². The molecule has 2 saturated carbocycles. The standard InChI is InChI=1S/C19H29N/c1-13(2)10-15-4-7-17(8-5-15)14(3)20-19-12-16-6-9-18(19)11-16/h4-5,7-8,13-14,16,18-20H,6,9-12H2,1-3H3. The first-order valence-electron chi connectivity index (χ1n) is 8.46. The molecule has 0 heterocycles. The summed E-state index contributed by atoms with van der Waals surface area (Å²) < 4.78 is 0. The van der Waals surface area contributed by atoms with E-state index < -0.39 is 0 Å². The molecular formula is C19H29N. The molecule has 20 heavy (non-hydrogen) atoms. The lowest BCUT2D eigenvalue weighted by atomic mass is 9.93.